The molecule has 4 heteroatoms. The molecule has 0 unspecified atom stereocenters. The van der Waals surface area contributed by atoms with Crippen molar-refractivity contribution in [2.45, 2.75) is 13.0 Å². The number of hydrogen-bond acceptors (Lipinski definition) is 4. The van der Waals surface area contributed by atoms with Crippen molar-refractivity contribution < 1.29 is 4.42 Å². The fourth-order valence-electron chi connectivity index (χ4n) is 3.75. The Bertz CT molecular complexity index is 1270. The SMILES string of the molecule is C[C@@H](Nc1ncnc2oc(-c3ccccc3)c(-c3ccccc3)c12)c1ccccc1. The first-order chi connectivity index (χ1) is 14.8. The molecule has 0 amide bonds. The average Bonchev–Trinajstić information content (AvgIpc) is 3.21. The van der Waals surface area contributed by atoms with E-state index in [9.17, 15) is 0 Å². The fourth-order valence-corrected chi connectivity index (χ4v) is 3.75. The molecule has 0 aliphatic heterocycles. The Balaban J connectivity index is 1.71. The van der Waals surface area contributed by atoms with Gasteiger partial charge in [0.1, 0.15) is 17.9 Å². The minimum atomic E-state index is 0.0861. The summed E-state index contributed by atoms with van der Waals surface area (Å²) in [6.45, 7) is 2.13. The van der Waals surface area contributed by atoms with E-state index in [0.29, 0.717) is 5.71 Å². The molecule has 3 aromatic carbocycles. The summed E-state index contributed by atoms with van der Waals surface area (Å²) >= 11 is 0. The van der Waals surface area contributed by atoms with Gasteiger partial charge in [0.25, 0.3) is 0 Å². The van der Waals surface area contributed by atoms with E-state index >= 15 is 0 Å². The molecule has 4 nitrogen and oxygen atoms in total. The maximum atomic E-state index is 6.28. The first-order valence-corrected chi connectivity index (χ1v) is 10.0. The van der Waals surface area contributed by atoms with E-state index in [1.54, 1.807) is 6.33 Å². The van der Waals surface area contributed by atoms with Crippen LogP contribution in [0.2, 0.25) is 0 Å². The summed E-state index contributed by atoms with van der Waals surface area (Å²) in [4.78, 5) is 9.02. The third kappa shape index (κ3) is 3.33. The van der Waals surface area contributed by atoms with Crippen molar-refractivity contribution in [3.63, 3.8) is 0 Å². The van der Waals surface area contributed by atoms with Gasteiger partial charge in [-0.25, -0.2) is 9.97 Å². The summed E-state index contributed by atoms with van der Waals surface area (Å²) < 4.78 is 6.28. The molecule has 0 bridgehead atoms. The zero-order valence-corrected chi connectivity index (χ0v) is 16.6. The lowest BCUT2D eigenvalue weighted by Gasteiger charge is -2.15. The van der Waals surface area contributed by atoms with Crippen LogP contribution in [-0.4, -0.2) is 9.97 Å². The molecule has 0 aliphatic rings. The molecule has 1 N–H and O–H groups in total. The van der Waals surface area contributed by atoms with Crippen LogP contribution >= 0.6 is 0 Å². The fraction of sp³-hybridized carbons (Fsp3) is 0.0769. The minimum Gasteiger partial charge on any atom is -0.437 e. The van der Waals surface area contributed by atoms with Gasteiger partial charge in [0.15, 0.2) is 0 Å². The van der Waals surface area contributed by atoms with Crippen LogP contribution in [0.25, 0.3) is 33.6 Å². The van der Waals surface area contributed by atoms with E-state index in [1.807, 2.05) is 54.6 Å². The predicted molar refractivity (Wildman–Crippen MR) is 121 cm³/mol. The highest BCUT2D eigenvalue weighted by Crippen LogP contribution is 2.42. The molecule has 0 fully saturated rings. The van der Waals surface area contributed by atoms with Crippen molar-refractivity contribution in [1.82, 2.24) is 9.97 Å². The number of hydrogen-bond donors (Lipinski definition) is 1. The standard InChI is InChI=1S/C26H21N3O/c1-18(19-11-5-2-6-12-19)29-25-23-22(20-13-7-3-8-14-20)24(21-15-9-4-10-16-21)30-26(23)28-17-27-25/h2-18H,1H3,(H,27,28,29)/t18-/m1/s1. The number of rotatable bonds is 5. The second-order valence-corrected chi connectivity index (χ2v) is 7.22. The molecular formula is C26H21N3O. The number of nitrogens with one attached hydrogen (secondary N) is 1. The second-order valence-electron chi connectivity index (χ2n) is 7.22. The number of benzene rings is 3. The van der Waals surface area contributed by atoms with Crippen LogP contribution in [0.3, 0.4) is 0 Å². The predicted octanol–water partition coefficient (Wildman–Crippen LogP) is 6.73. The molecule has 0 saturated heterocycles. The highest BCUT2D eigenvalue weighted by atomic mass is 16.3. The Hall–Kier alpha value is -3.92. The number of aromatic nitrogens is 2. The summed E-state index contributed by atoms with van der Waals surface area (Å²) in [5.41, 5.74) is 4.85. The minimum absolute atomic E-state index is 0.0861. The van der Waals surface area contributed by atoms with Gasteiger partial charge in [0.2, 0.25) is 5.71 Å². The topological polar surface area (TPSA) is 51.0 Å². The zero-order chi connectivity index (χ0) is 20.3. The molecule has 2 heterocycles. The molecule has 0 spiro atoms. The number of furan rings is 1. The maximum Gasteiger partial charge on any atom is 0.232 e. The summed E-state index contributed by atoms with van der Waals surface area (Å²) in [7, 11) is 0. The highest BCUT2D eigenvalue weighted by Gasteiger charge is 2.22. The Labute approximate surface area is 175 Å². The third-order valence-electron chi connectivity index (χ3n) is 5.24. The normalized spacial score (nSPS) is 12.0. The molecule has 0 saturated carbocycles. The Morgan fingerprint density at radius 1 is 0.733 bits per heavy atom. The number of anilines is 1. The molecule has 30 heavy (non-hydrogen) atoms. The molecule has 1 atom stereocenters. The van der Waals surface area contributed by atoms with Gasteiger partial charge in [0.05, 0.1) is 5.39 Å². The van der Waals surface area contributed by atoms with E-state index in [1.165, 1.54) is 5.56 Å². The lowest BCUT2D eigenvalue weighted by atomic mass is 9.99. The monoisotopic (exact) mass is 391 g/mol. The van der Waals surface area contributed by atoms with E-state index in [-0.39, 0.29) is 6.04 Å². The van der Waals surface area contributed by atoms with E-state index in [4.69, 9.17) is 4.42 Å². The van der Waals surface area contributed by atoms with E-state index in [0.717, 1.165) is 33.7 Å². The van der Waals surface area contributed by atoms with Crippen molar-refractivity contribution in [3.8, 4) is 22.5 Å². The molecule has 5 rings (SSSR count). The summed E-state index contributed by atoms with van der Waals surface area (Å²) in [5.74, 6) is 1.56. The van der Waals surface area contributed by atoms with Crippen molar-refractivity contribution >= 4 is 16.9 Å². The molecule has 0 aliphatic carbocycles. The van der Waals surface area contributed by atoms with Gasteiger partial charge in [-0.2, -0.15) is 0 Å². The van der Waals surface area contributed by atoms with Gasteiger partial charge in [-0.3, -0.25) is 0 Å². The zero-order valence-electron chi connectivity index (χ0n) is 16.6. The van der Waals surface area contributed by atoms with E-state index in [2.05, 4.69) is 58.6 Å². The van der Waals surface area contributed by atoms with Gasteiger partial charge in [-0.15, -0.1) is 0 Å². The summed E-state index contributed by atoms with van der Waals surface area (Å²) in [6.07, 6.45) is 1.55. The van der Waals surface area contributed by atoms with Gasteiger partial charge in [-0.05, 0) is 18.1 Å². The smallest absolute Gasteiger partial charge is 0.232 e. The largest absolute Gasteiger partial charge is 0.437 e. The Morgan fingerprint density at radius 3 is 2.00 bits per heavy atom. The maximum absolute atomic E-state index is 6.28. The van der Waals surface area contributed by atoms with Crippen molar-refractivity contribution in [2.24, 2.45) is 0 Å². The highest BCUT2D eigenvalue weighted by molar-refractivity contribution is 6.05. The summed E-state index contributed by atoms with van der Waals surface area (Å²) in [5, 5.41) is 4.46. The van der Waals surface area contributed by atoms with Crippen molar-refractivity contribution in [2.75, 3.05) is 5.32 Å². The second kappa shape index (κ2) is 7.84. The van der Waals surface area contributed by atoms with Crippen LogP contribution in [0.15, 0.2) is 102 Å². The van der Waals surface area contributed by atoms with Crippen LogP contribution in [-0.2, 0) is 0 Å². The lowest BCUT2D eigenvalue weighted by molar-refractivity contribution is 0.618. The van der Waals surface area contributed by atoms with Gasteiger partial charge < -0.3 is 9.73 Å². The molecule has 2 aromatic heterocycles. The van der Waals surface area contributed by atoms with Crippen LogP contribution in [0.1, 0.15) is 18.5 Å². The molecule has 5 aromatic rings. The van der Waals surface area contributed by atoms with Gasteiger partial charge in [-0.1, -0.05) is 91.0 Å². The van der Waals surface area contributed by atoms with Crippen LogP contribution in [0.4, 0.5) is 5.82 Å². The quantitative estimate of drug-likeness (QED) is 0.361. The Morgan fingerprint density at radius 2 is 1.33 bits per heavy atom. The number of nitrogens with zero attached hydrogens (tertiary/aromatic N) is 2. The molecule has 146 valence electrons. The van der Waals surface area contributed by atoms with Gasteiger partial charge >= 0.3 is 0 Å². The van der Waals surface area contributed by atoms with Crippen molar-refractivity contribution in [3.05, 3.63) is 103 Å². The first-order valence-electron chi connectivity index (χ1n) is 10.0. The van der Waals surface area contributed by atoms with E-state index < -0.39 is 0 Å². The molecule has 0 radical (unpaired) electrons. The van der Waals surface area contributed by atoms with Crippen LogP contribution in [0.5, 0.6) is 0 Å². The summed E-state index contributed by atoms with van der Waals surface area (Å²) in [6, 6.07) is 30.8. The third-order valence-corrected chi connectivity index (χ3v) is 5.24. The average molecular weight is 391 g/mol. The first kappa shape index (κ1) is 18.1. The Kier molecular flexibility index (Phi) is 4.74. The van der Waals surface area contributed by atoms with Crippen molar-refractivity contribution in [1.29, 1.82) is 0 Å². The van der Waals surface area contributed by atoms with Crippen LogP contribution in [0, 0.1) is 0 Å². The molecular weight excluding hydrogens is 370 g/mol. The lowest BCUT2D eigenvalue weighted by Crippen LogP contribution is -2.08. The number of fused-ring (bicyclic) bond motifs is 1. The van der Waals surface area contributed by atoms with Crippen LogP contribution < -0.4 is 5.32 Å². The van der Waals surface area contributed by atoms with Gasteiger partial charge in [0, 0.05) is 17.2 Å².